The van der Waals surface area contributed by atoms with Crippen molar-refractivity contribution in [3.63, 3.8) is 0 Å². The van der Waals surface area contributed by atoms with Gasteiger partial charge in [-0.25, -0.2) is 19.6 Å². The van der Waals surface area contributed by atoms with Crippen molar-refractivity contribution in [3.05, 3.63) is 53.7 Å². The van der Waals surface area contributed by atoms with Gasteiger partial charge in [-0.05, 0) is 18.4 Å². The molecule has 1 aliphatic carbocycles. The summed E-state index contributed by atoms with van der Waals surface area (Å²) in [5.74, 6) is 2.12. The summed E-state index contributed by atoms with van der Waals surface area (Å²) in [6.45, 7) is 0. The van der Waals surface area contributed by atoms with Crippen molar-refractivity contribution >= 4 is 21.6 Å². The fourth-order valence-electron chi connectivity index (χ4n) is 2.88. The second kappa shape index (κ2) is 5.46. The summed E-state index contributed by atoms with van der Waals surface area (Å²) in [5, 5.41) is 16.3. The Bertz CT molecular complexity index is 1120. The summed E-state index contributed by atoms with van der Waals surface area (Å²) in [5.41, 5.74) is 2.19. The third-order valence-electron chi connectivity index (χ3n) is 4.27. The van der Waals surface area contributed by atoms with Crippen LogP contribution in [0.3, 0.4) is 0 Å². The molecule has 1 fully saturated rings. The van der Waals surface area contributed by atoms with Crippen molar-refractivity contribution in [2.45, 2.75) is 18.8 Å². The van der Waals surface area contributed by atoms with Gasteiger partial charge in [0.1, 0.15) is 23.1 Å². The van der Waals surface area contributed by atoms with Crippen molar-refractivity contribution in [2.24, 2.45) is 0 Å². The van der Waals surface area contributed by atoms with Gasteiger partial charge in [-0.15, -0.1) is 16.4 Å². The Labute approximate surface area is 147 Å². The molecule has 7 heteroatoms. The molecule has 4 aromatic rings. The second-order valence-corrected chi connectivity index (χ2v) is 6.86. The summed E-state index contributed by atoms with van der Waals surface area (Å²) in [7, 11) is 0. The van der Waals surface area contributed by atoms with Gasteiger partial charge in [0.25, 0.3) is 5.82 Å². The zero-order valence-corrected chi connectivity index (χ0v) is 13.9. The maximum atomic E-state index is 9.04. The molecule has 25 heavy (non-hydrogen) atoms. The highest BCUT2D eigenvalue weighted by atomic mass is 32.1. The standard InChI is InChI=1S/C18H12N6S/c19-8-14-20-10-24(23-14)17-15-13(11-4-2-1-3-5-11)9-25-18(15)22-16(21-17)12-6-7-12/h1-5,9-10,12H,6-7H2. The molecular formula is C18H12N6S. The van der Waals surface area contributed by atoms with E-state index < -0.39 is 0 Å². The molecular weight excluding hydrogens is 332 g/mol. The van der Waals surface area contributed by atoms with Crippen molar-refractivity contribution in [3.8, 4) is 23.0 Å². The van der Waals surface area contributed by atoms with E-state index in [-0.39, 0.29) is 5.82 Å². The molecule has 3 heterocycles. The molecule has 0 atom stereocenters. The van der Waals surface area contributed by atoms with Gasteiger partial charge in [0.2, 0.25) is 0 Å². The molecule has 0 saturated heterocycles. The maximum Gasteiger partial charge on any atom is 0.252 e. The lowest BCUT2D eigenvalue weighted by atomic mass is 10.1. The van der Waals surface area contributed by atoms with E-state index in [0.717, 1.165) is 40.0 Å². The fourth-order valence-corrected chi connectivity index (χ4v) is 3.82. The molecule has 0 radical (unpaired) electrons. The van der Waals surface area contributed by atoms with Gasteiger partial charge >= 0.3 is 0 Å². The maximum absolute atomic E-state index is 9.04. The smallest absolute Gasteiger partial charge is 0.222 e. The fraction of sp³-hybridized carbons (Fsp3) is 0.167. The van der Waals surface area contributed by atoms with Gasteiger partial charge in [-0.3, -0.25) is 0 Å². The minimum atomic E-state index is 0.135. The van der Waals surface area contributed by atoms with E-state index in [1.165, 1.54) is 0 Å². The zero-order valence-electron chi connectivity index (χ0n) is 13.1. The van der Waals surface area contributed by atoms with Crippen LogP contribution in [-0.2, 0) is 0 Å². The van der Waals surface area contributed by atoms with Crippen molar-refractivity contribution in [2.75, 3.05) is 0 Å². The molecule has 1 saturated carbocycles. The number of aromatic nitrogens is 5. The summed E-state index contributed by atoms with van der Waals surface area (Å²) in [6.07, 6.45) is 3.80. The molecule has 120 valence electrons. The zero-order chi connectivity index (χ0) is 16.8. The largest absolute Gasteiger partial charge is 0.252 e. The summed E-state index contributed by atoms with van der Waals surface area (Å²) >= 11 is 1.61. The lowest BCUT2D eigenvalue weighted by Crippen LogP contribution is -2.04. The Balaban J connectivity index is 1.80. The first-order valence-electron chi connectivity index (χ1n) is 8.00. The normalized spacial score (nSPS) is 13.9. The van der Waals surface area contributed by atoms with Crippen LogP contribution in [0.1, 0.15) is 30.4 Å². The van der Waals surface area contributed by atoms with Crippen LogP contribution >= 0.6 is 11.3 Å². The topological polar surface area (TPSA) is 80.3 Å². The van der Waals surface area contributed by atoms with Crippen LogP contribution in [0.4, 0.5) is 0 Å². The molecule has 3 aromatic heterocycles. The monoisotopic (exact) mass is 344 g/mol. The molecule has 0 spiro atoms. The van der Waals surface area contributed by atoms with Crippen LogP contribution in [0.15, 0.2) is 42.0 Å². The number of thiophene rings is 1. The lowest BCUT2D eigenvalue weighted by Gasteiger charge is -2.07. The summed E-state index contributed by atoms with van der Waals surface area (Å²) in [4.78, 5) is 14.5. The molecule has 0 N–H and O–H groups in total. The number of fused-ring (bicyclic) bond motifs is 1. The van der Waals surface area contributed by atoms with E-state index in [2.05, 4.69) is 27.6 Å². The van der Waals surface area contributed by atoms with E-state index in [0.29, 0.717) is 11.7 Å². The van der Waals surface area contributed by atoms with Gasteiger partial charge in [-0.1, -0.05) is 30.3 Å². The Morgan fingerprint density at radius 1 is 1.16 bits per heavy atom. The van der Waals surface area contributed by atoms with Crippen LogP contribution in [0.2, 0.25) is 0 Å². The highest BCUT2D eigenvalue weighted by molar-refractivity contribution is 7.17. The SMILES string of the molecule is N#Cc1ncn(-c2nc(C3CC3)nc3scc(-c4ccccc4)c23)n1. The van der Waals surface area contributed by atoms with E-state index in [1.54, 1.807) is 22.3 Å². The number of hydrogen-bond acceptors (Lipinski definition) is 6. The van der Waals surface area contributed by atoms with E-state index in [1.807, 2.05) is 24.3 Å². The van der Waals surface area contributed by atoms with Gasteiger partial charge < -0.3 is 0 Å². The minimum absolute atomic E-state index is 0.135. The molecule has 0 aliphatic heterocycles. The third-order valence-corrected chi connectivity index (χ3v) is 5.14. The molecule has 1 aromatic carbocycles. The first-order valence-corrected chi connectivity index (χ1v) is 8.88. The van der Waals surface area contributed by atoms with Crippen molar-refractivity contribution in [1.29, 1.82) is 5.26 Å². The first kappa shape index (κ1) is 14.3. The number of nitriles is 1. The second-order valence-electron chi connectivity index (χ2n) is 6.00. The van der Waals surface area contributed by atoms with E-state index in [4.69, 9.17) is 15.2 Å². The molecule has 0 amide bonds. The van der Waals surface area contributed by atoms with Crippen molar-refractivity contribution in [1.82, 2.24) is 24.7 Å². The van der Waals surface area contributed by atoms with Crippen LogP contribution in [0.25, 0.3) is 27.2 Å². The minimum Gasteiger partial charge on any atom is -0.222 e. The van der Waals surface area contributed by atoms with Gasteiger partial charge in [0.15, 0.2) is 5.82 Å². The Kier molecular flexibility index (Phi) is 3.11. The number of hydrogen-bond donors (Lipinski definition) is 0. The highest BCUT2D eigenvalue weighted by Gasteiger charge is 2.29. The van der Waals surface area contributed by atoms with Crippen LogP contribution in [0, 0.1) is 11.3 Å². The van der Waals surface area contributed by atoms with E-state index in [9.17, 15) is 0 Å². The third kappa shape index (κ3) is 2.39. The predicted molar refractivity (Wildman–Crippen MR) is 94.5 cm³/mol. The summed E-state index contributed by atoms with van der Waals surface area (Å²) in [6, 6.07) is 12.1. The Morgan fingerprint density at radius 3 is 2.72 bits per heavy atom. The van der Waals surface area contributed by atoms with Gasteiger partial charge in [-0.2, -0.15) is 5.26 Å². The average Bonchev–Trinajstić information content (AvgIpc) is 3.25. The Hall–Kier alpha value is -3.11. The predicted octanol–water partition coefficient (Wildman–Crippen LogP) is 3.69. The average molecular weight is 344 g/mol. The number of rotatable bonds is 3. The molecule has 6 nitrogen and oxygen atoms in total. The molecule has 5 rings (SSSR count). The van der Waals surface area contributed by atoms with Gasteiger partial charge in [0.05, 0.1) is 5.39 Å². The van der Waals surface area contributed by atoms with Crippen molar-refractivity contribution < 1.29 is 0 Å². The van der Waals surface area contributed by atoms with Crippen LogP contribution in [0.5, 0.6) is 0 Å². The van der Waals surface area contributed by atoms with Crippen LogP contribution < -0.4 is 0 Å². The quantitative estimate of drug-likeness (QED) is 0.566. The Morgan fingerprint density at radius 2 is 2.00 bits per heavy atom. The van der Waals surface area contributed by atoms with Crippen LogP contribution in [-0.4, -0.2) is 24.7 Å². The summed E-state index contributed by atoms with van der Waals surface area (Å²) < 4.78 is 1.59. The molecule has 0 unspecified atom stereocenters. The van der Waals surface area contributed by atoms with Gasteiger partial charge in [0, 0.05) is 16.9 Å². The van der Waals surface area contributed by atoms with E-state index >= 15 is 0 Å². The number of benzene rings is 1. The molecule has 1 aliphatic rings. The molecule has 0 bridgehead atoms. The highest BCUT2D eigenvalue weighted by Crippen LogP contribution is 2.42. The lowest BCUT2D eigenvalue weighted by molar-refractivity contribution is 0.821. The first-order chi connectivity index (χ1) is 12.3. The number of nitrogens with zero attached hydrogens (tertiary/aromatic N) is 6.